The molecule has 0 aliphatic rings. The Labute approximate surface area is 103 Å². The van der Waals surface area contributed by atoms with Gasteiger partial charge in [0.25, 0.3) is 0 Å². The minimum Gasteiger partial charge on any atom is -0.384 e. The Bertz CT molecular complexity index is 467. The number of hydrogen-bond acceptors (Lipinski definition) is 3. The van der Waals surface area contributed by atoms with Gasteiger partial charge in [-0.15, -0.1) is 0 Å². The summed E-state index contributed by atoms with van der Waals surface area (Å²) in [6, 6.07) is 1.95. The van der Waals surface area contributed by atoms with E-state index in [4.69, 9.17) is 0 Å². The number of nitrogens with one attached hydrogen (secondary N) is 1. The standard InChI is InChI=1S/C11H13BrN4/c1-16-7-6-15-11(16)3-5-14-10-2-4-13-8-9(10)12/h2,4,6-8H,3,5H2,1H3,(H,13,14). The lowest BCUT2D eigenvalue weighted by Crippen LogP contribution is -2.08. The summed E-state index contributed by atoms with van der Waals surface area (Å²) in [5, 5.41) is 3.34. The molecule has 5 heteroatoms. The fourth-order valence-electron chi connectivity index (χ4n) is 1.46. The predicted octanol–water partition coefficient (Wildman–Crippen LogP) is 2.23. The molecule has 0 bridgehead atoms. The number of aromatic nitrogens is 3. The molecule has 0 aliphatic heterocycles. The molecule has 2 aromatic rings. The van der Waals surface area contributed by atoms with Crippen LogP contribution in [-0.2, 0) is 13.5 Å². The summed E-state index contributed by atoms with van der Waals surface area (Å²) >= 11 is 3.44. The molecule has 2 heterocycles. The summed E-state index contributed by atoms with van der Waals surface area (Å²) in [7, 11) is 2.00. The van der Waals surface area contributed by atoms with E-state index in [1.807, 2.05) is 30.1 Å². The van der Waals surface area contributed by atoms with Gasteiger partial charge in [-0.05, 0) is 22.0 Å². The van der Waals surface area contributed by atoms with Crippen molar-refractivity contribution >= 4 is 21.6 Å². The van der Waals surface area contributed by atoms with Gasteiger partial charge in [-0.1, -0.05) is 0 Å². The van der Waals surface area contributed by atoms with E-state index in [0.29, 0.717) is 0 Å². The summed E-state index contributed by atoms with van der Waals surface area (Å²) in [5.74, 6) is 1.08. The quantitative estimate of drug-likeness (QED) is 0.934. The van der Waals surface area contributed by atoms with Crippen LogP contribution in [0.15, 0.2) is 35.3 Å². The van der Waals surface area contributed by atoms with Crippen LogP contribution in [0.5, 0.6) is 0 Å². The Balaban J connectivity index is 1.89. The first-order valence-electron chi connectivity index (χ1n) is 5.07. The van der Waals surface area contributed by atoms with Crippen molar-refractivity contribution in [1.82, 2.24) is 14.5 Å². The second kappa shape index (κ2) is 5.12. The lowest BCUT2D eigenvalue weighted by Gasteiger charge is -2.07. The fraction of sp³-hybridized carbons (Fsp3) is 0.273. The van der Waals surface area contributed by atoms with Gasteiger partial charge in [0.15, 0.2) is 0 Å². The highest BCUT2D eigenvalue weighted by atomic mass is 79.9. The summed E-state index contributed by atoms with van der Waals surface area (Å²) in [6.07, 6.45) is 8.23. The Kier molecular flexibility index (Phi) is 3.56. The van der Waals surface area contributed by atoms with Gasteiger partial charge in [0.1, 0.15) is 5.82 Å². The zero-order chi connectivity index (χ0) is 11.4. The molecule has 0 aromatic carbocycles. The molecule has 0 amide bonds. The number of pyridine rings is 1. The highest BCUT2D eigenvalue weighted by molar-refractivity contribution is 9.10. The maximum atomic E-state index is 4.27. The van der Waals surface area contributed by atoms with E-state index in [-0.39, 0.29) is 0 Å². The van der Waals surface area contributed by atoms with Crippen LogP contribution in [0.4, 0.5) is 5.69 Å². The third-order valence-electron chi connectivity index (χ3n) is 2.36. The molecule has 0 saturated carbocycles. The van der Waals surface area contributed by atoms with Crippen molar-refractivity contribution in [2.24, 2.45) is 7.05 Å². The van der Waals surface area contributed by atoms with E-state index >= 15 is 0 Å². The molecule has 0 radical (unpaired) electrons. The van der Waals surface area contributed by atoms with Crippen LogP contribution in [-0.4, -0.2) is 21.1 Å². The SMILES string of the molecule is Cn1ccnc1CCNc1ccncc1Br. The first-order chi connectivity index (χ1) is 7.77. The van der Waals surface area contributed by atoms with Crippen LogP contribution in [0.2, 0.25) is 0 Å². The molecule has 1 N–H and O–H groups in total. The first kappa shape index (κ1) is 11.1. The third kappa shape index (κ3) is 2.61. The van der Waals surface area contributed by atoms with Gasteiger partial charge in [-0.2, -0.15) is 0 Å². The van der Waals surface area contributed by atoms with E-state index in [2.05, 4.69) is 31.2 Å². The smallest absolute Gasteiger partial charge is 0.110 e. The molecule has 4 nitrogen and oxygen atoms in total. The van der Waals surface area contributed by atoms with Gasteiger partial charge >= 0.3 is 0 Å². The summed E-state index contributed by atoms with van der Waals surface area (Å²) in [5.41, 5.74) is 1.06. The summed E-state index contributed by atoms with van der Waals surface area (Å²) in [6.45, 7) is 0.855. The second-order valence-electron chi connectivity index (χ2n) is 3.49. The number of imidazole rings is 1. The zero-order valence-corrected chi connectivity index (χ0v) is 10.6. The van der Waals surface area contributed by atoms with Crippen LogP contribution in [0.25, 0.3) is 0 Å². The van der Waals surface area contributed by atoms with Crippen molar-refractivity contribution in [3.63, 3.8) is 0 Å². The molecule has 0 unspecified atom stereocenters. The van der Waals surface area contributed by atoms with Crippen molar-refractivity contribution in [3.05, 3.63) is 41.2 Å². The molecule has 0 aliphatic carbocycles. The normalized spacial score (nSPS) is 10.4. The average Bonchev–Trinajstić information content (AvgIpc) is 2.67. The molecule has 0 atom stereocenters. The maximum absolute atomic E-state index is 4.27. The van der Waals surface area contributed by atoms with Crippen molar-refractivity contribution < 1.29 is 0 Å². The maximum Gasteiger partial charge on any atom is 0.110 e. The number of nitrogens with zero attached hydrogens (tertiary/aromatic N) is 3. The Hall–Kier alpha value is -1.36. The second-order valence-corrected chi connectivity index (χ2v) is 4.34. The average molecular weight is 281 g/mol. The van der Waals surface area contributed by atoms with E-state index in [1.165, 1.54) is 0 Å². The Morgan fingerprint density at radius 3 is 3.00 bits per heavy atom. The van der Waals surface area contributed by atoms with Crippen LogP contribution < -0.4 is 5.32 Å². The number of halogens is 1. The third-order valence-corrected chi connectivity index (χ3v) is 2.99. The fourth-order valence-corrected chi connectivity index (χ4v) is 1.86. The van der Waals surface area contributed by atoms with Crippen molar-refractivity contribution in [1.29, 1.82) is 0 Å². The Morgan fingerprint density at radius 1 is 1.44 bits per heavy atom. The molecule has 0 spiro atoms. The van der Waals surface area contributed by atoms with E-state index in [1.54, 1.807) is 12.4 Å². The highest BCUT2D eigenvalue weighted by Crippen LogP contribution is 2.19. The lowest BCUT2D eigenvalue weighted by molar-refractivity contribution is 0.789. The summed E-state index contributed by atoms with van der Waals surface area (Å²) < 4.78 is 3.01. The molecule has 84 valence electrons. The molecular weight excluding hydrogens is 268 g/mol. The van der Waals surface area contributed by atoms with E-state index in [0.717, 1.165) is 29.0 Å². The predicted molar refractivity (Wildman–Crippen MR) is 67.3 cm³/mol. The van der Waals surface area contributed by atoms with Gasteiger partial charge in [-0.3, -0.25) is 4.98 Å². The minimum absolute atomic E-state index is 0.855. The number of rotatable bonds is 4. The number of aryl methyl sites for hydroxylation is 1. The minimum atomic E-state index is 0.855. The largest absolute Gasteiger partial charge is 0.384 e. The van der Waals surface area contributed by atoms with Crippen LogP contribution in [0.3, 0.4) is 0 Å². The van der Waals surface area contributed by atoms with Gasteiger partial charge in [0, 0.05) is 44.8 Å². The van der Waals surface area contributed by atoms with E-state index < -0.39 is 0 Å². The van der Waals surface area contributed by atoms with Crippen molar-refractivity contribution in [2.75, 3.05) is 11.9 Å². The van der Waals surface area contributed by atoms with Gasteiger partial charge in [0.05, 0.1) is 10.2 Å². The van der Waals surface area contributed by atoms with Gasteiger partial charge in [-0.25, -0.2) is 4.98 Å². The van der Waals surface area contributed by atoms with Gasteiger partial charge in [0.2, 0.25) is 0 Å². The van der Waals surface area contributed by atoms with E-state index in [9.17, 15) is 0 Å². The molecule has 2 rings (SSSR count). The van der Waals surface area contributed by atoms with Crippen molar-refractivity contribution in [2.45, 2.75) is 6.42 Å². The molecule has 16 heavy (non-hydrogen) atoms. The highest BCUT2D eigenvalue weighted by Gasteiger charge is 2.00. The molecular formula is C11H13BrN4. The Morgan fingerprint density at radius 2 is 2.31 bits per heavy atom. The number of hydrogen-bond donors (Lipinski definition) is 1. The lowest BCUT2D eigenvalue weighted by atomic mass is 10.3. The molecule has 0 fully saturated rings. The zero-order valence-electron chi connectivity index (χ0n) is 9.02. The first-order valence-corrected chi connectivity index (χ1v) is 5.86. The van der Waals surface area contributed by atoms with Crippen LogP contribution in [0, 0.1) is 0 Å². The van der Waals surface area contributed by atoms with Crippen LogP contribution in [0.1, 0.15) is 5.82 Å². The monoisotopic (exact) mass is 280 g/mol. The van der Waals surface area contributed by atoms with Crippen molar-refractivity contribution in [3.8, 4) is 0 Å². The topological polar surface area (TPSA) is 42.7 Å². The van der Waals surface area contributed by atoms with Crippen LogP contribution >= 0.6 is 15.9 Å². The molecule has 0 saturated heterocycles. The number of anilines is 1. The van der Waals surface area contributed by atoms with Gasteiger partial charge < -0.3 is 9.88 Å². The summed E-state index contributed by atoms with van der Waals surface area (Å²) in [4.78, 5) is 8.28. The molecule has 2 aromatic heterocycles.